The molecule has 0 aromatic carbocycles. The van der Waals surface area contributed by atoms with Crippen LogP contribution in [0.5, 0.6) is 0 Å². The Morgan fingerprint density at radius 3 is 1.39 bits per heavy atom. The van der Waals surface area contributed by atoms with Crippen LogP contribution < -0.4 is 45.4 Å². The molecule has 540 valence electrons. The zero-order valence-corrected chi connectivity index (χ0v) is 55.0. The van der Waals surface area contributed by atoms with Crippen LogP contribution in [0.1, 0.15) is 68.8 Å². The Balaban J connectivity index is 0.698. The van der Waals surface area contributed by atoms with E-state index in [-0.39, 0.29) is 81.7 Å². The summed E-state index contributed by atoms with van der Waals surface area (Å²) in [6.07, 6.45) is -14.2. The number of aromatic amines is 2. The molecule has 5 aliphatic heterocycles. The molecule has 0 amide bonds. The van der Waals surface area contributed by atoms with Crippen LogP contribution in [0.3, 0.4) is 0 Å². The number of rotatable bonds is 26. The number of phosphoric ester groups is 4. The minimum atomic E-state index is -5.47. The monoisotopic (exact) mass is 1490 g/mol. The molecule has 13 heterocycles. The Bertz CT molecular complexity index is 4840. The molecule has 16 N–H and O–H groups in total. The maximum Gasteiger partial charge on any atom is 0.472 e. The smallest absolute Gasteiger partial charge is 0.394 e. The molecule has 0 saturated carbocycles. The number of imidazole rings is 3. The van der Waals surface area contributed by atoms with Gasteiger partial charge in [0, 0.05) is 50.1 Å². The zero-order chi connectivity index (χ0) is 70.9. The first-order chi connectivity index (χ1) is 47.5. The molecule has 8 aromatic rings. The maximum atomic E-state index is 14.3. The van der Waals surface area contributed by atoms with Crippen molar-refractivity contribution in [1.82, 2.24) is 77.7 Å². The van der Waals surface area contributed by atoms with Gasteiger partial charge in [-0.25, -0.2) is 62.7 Å². The van der Waals surface area contributed by atoms with Crippen LogP contribution >= 0.6 is 31.3 Å². The second-order valence-electron chi connectivity index (χ2n) is 23.2. The fourth-order valence-electron chi connectivity index (χ4n) is 11.8. The van der Waals surface area contributed by atoms with E-state index in [4.69, 9.17) is 82.8 Å². The van der Waals surface area contributed by atoms with Crippen LogP contribution in [0.2, 0.25) is 0 Å². The molecule has 5 saturated heterocycles. The van der Waals surface area contributed by atoms with Gasteiger partial charge in [-0.1, -0.05) is 0 Å². The van der Waals surface area contributed by atoms with Crippen molar-refractivity contribution in [3.8, 4) is 0 Å². The third-order valence-electron chi connectivity index (χ3n) is 16.6. The first-order valence-corrected chi connectivity index (χ1v) is 35.9. The average molecular weight is 1490 g/mol. The highest BCUT2D eigenvalue weighted by atomic mass is 31.2. The van der Waals surface area contributed by atoms with Gasteiger partial charge in [-0.2, -0.15) is 9.97 Å². The van der Waals surface area contributed by atoms with Gasteiger partial charge in [0.05, 0.1) is 58.1 Å². The van der Waals surface area contributed by atoms with E-state index in [0.717, 1.165) is 21.8 Å². The number of hydrogen-bond donors (Lipinski definition) is 12. The third kappa shape index (κ3) is 15.1. The number of aliphatic hydroxyl groups is 2. The van der Waals surface area contributed by atoms with Crippen molar-refractivity contribution in [2.45, 2.75) is 131 Å². The number of aryl methyl sites for hydroxylation is 1. The molecule has 5 aliphatic rings. The summed E-state index contributed by atoms with van der Waals surface area (Å²) < 4.78 is 136. The summed E-state index contributed by atoms with van der Waals surface area (Å²) in [5, 5.41) is 21.1. The highest BCUT2D eigenvalue weighted by Crippen LogP contribution is 2.55. The molecule has 47 nitrogen and oxygen atoms in total. The van der Waals surface area contributed by atoms with Crippen LogP contribution in [0.4, 0.5) is 23.4 Å². The van der Waals surface area contributed by atoms with E-state index >= 15 is 0 Å². The van der Waals surface area contributed by atoms with Crippen molar-refractivity contribution >= 4 is 88.2 Å². The van der Waals surface area contributed by atoms with Gasteiger partial charge in [-0.3, -0.25) is 78.6 Å². The van der Waals surface area contributed by atoms with Crippen LogP contribution in [0, 0.1) is 6.92 Å². The summed E-state index contributed by atoms with van der Waals surface area (Å²) in [6, 6.07) is 1.24. The number of nitrogens with one attached hydrogen (secondary N) is 2. The minimum Gasteiger partial charge on any atom is -0.394 e. The van der Waals surface area contributed by atoms with Crippen molar-refractivity contribution in [2.75, 3.05) is 56.0 Å². The number of anilines is 4. The van der Waals surface area contributed by atoms with Crippen LogP contribution in [-0.2, 0) is 78.1 Å². The van der Waals surface area contributed by atoms with E-state index in [0.29, 0.717) is 0 Å². The molecule has 51 heteroatoms. The zero-order valence-electron chi connectivity index (χ0n) is 51.5. The summed E-state index contributed by atoms with van der Waals surface area (Å²) in [5.74, 6) is -0.476. The number of nitrogens with zero attached hydrogens (tertiary/aromatic N) is 14. The van der Waals surface area contributed by atoms with E-state index in [1.54, 1.807) is 0 Å². The Morgan fingerprint density at radius 2 is 0.920 bits per heavy atom. The Kier molecular flexibility index (Phi) is 19.8. The van der Waals surface area contributed by atoms with Gasteiger partial charge in [-0.05, 0) is 13.0 Å². The van der Waals surface area contributed by atoms with Gasteiger partial charge in [-0.15, -0.1) is 0 Å². The Morgan fingerprint density at radius 1 is 0.510 bits per heavy atom. The number of aromatic nitrogens is 16. The molecule has 5 fully saturated rings. The summed E-state index contributed by atoms with van der Waals surface area (Å²) in [7, 11) is -21.4. The number of hydrogen-bond acceptors (Lipinski definition) is 36. The lowest BCUT2D eigenvalue weighted by Gasteiger charge is -2.25. The second-order valence-corrected chi connectivity index (χ2v) is 28.8. The first kappa shape index (κ1) is 70.8. The van der Waals surface area contributed by atoms with E-state index < -0.39 is 192 Å². The molecular formula is C49H62N20O27P4. The Hall–Kier alpha value is -7.63. The molecule has 8 aromatic heterocycles. The molecule has 0 aliphatic carbocycles. The third-order valence-corrected chi connectivity index (χ3v) is 20.6. The molecule has 0 bridgehead atoms. The number of ether oxygens (including phenoxy) is 5. The van der Waals surface area contributed by atoms with Gasteiger partial charge in [0.1, 0.15) is 116 Å². The topological polar surface area (TPSA) is 654 Å². The normalized spacial score (nSPS) is 29.6. The van der Waals surface area contributed by atoms with Crippen molar-refractivity contribution in [3.05, 3.63) is 97.3 Å². The molecule has 100 heavy (non-hydrogen) atoms. The summed E-state index contributed by atoms with van der Waals surface area (Å²) in [5.41, 5.74) is 21.0. The number of phosphoric acid groups is 4. The number of nitrogen functional groups attached to an aromatic ring is 4. The summed E-state index contributed by atoms with van der Waals surface area (Å²) >= 11 is 0. The summed E-state index contributed by atoms with van der Waals surface area (Å²) in [6.45, 7) is -3.00. The Labute approximate surface area is 556 Å². The molecular weight excluding hydrogens is 1420 g/mol. The minimum absolute atomic E-state index is 0.00164. The van der Waals surface area contributed by atoms with Crippen molar-refractivity contribution < 1.29 is 108 Å². The molecule has 0 radical (unpaired) electrons. The van der Waals surface area contributed by atoms with Gasteiger partial charge in [0.25, 0.3) is 11.1 Å². The highest BCUT2D eigenvalue weighted by Gasteiger charge is 2.50. The van der Waals surface area contributed by atoms with E-state index in [1.165, 1.54) is 58.1 Å². The van der Waals surface area contributed by atoms with Gasteiger partial charge in [0.2, 0.25) is 5.95 Å². The van der Waals surface area contributed by atoms with Gasteiger partial charge in [0.15, 0.2) is 34.1 Å². The van der Waals surface area contributed by atoms with Crippen LogP contribution in [-0.4, -0.2) is 202 Å². The molecule has 4 unspecified atom stereocenters. The summed E-state index contributed by atoms with van der Waals surface area (Å²) in [4.78, 5) is 136. The first-order valence-electron chi connectivity index (χ1n) is 29.9. The highest BCUT2D eigenvalue weighted by molar-refractivity contribution is 7.48. The van der Waals surface area contributed by atoms with Crippen LogP contribution in [0.25, 0.3) is 33.5 Å². The largest absolute Gasteiger partial charge is 0.472 e. The lowest BCUT2D eigenvalue weighted by molar-refractivity contribution is -0.0640. The number of nitrogens with two attached hydrogens (primary N) is 4. The van der Waals surface area contributed by atoms with Crippen LogP contribution in [0.15, 0.2) is 69.3 Å². The lowest BCUT2D eigenvalue weighted by atomic mass is 10.2. The van der Waals surface area contributed by atoms with E-state index in [1.807, 2.05) is 0 Å². The standard InChI is InChI=1S/C49H62N20O27P4/c1-20-9-66(49(75)64-45(20)72)32-4-21(71)27(89-32)11-84-97(76,77)94-23-6-33(65-3-2-31(50)61-48(65)74)90-28(23)12-86-99(80,81)95-25-8-35(68-18-59-38-41(52)55-16-57-43(38)68)92-30(25)14-87-100(82,83)96-24-7-34(67-17-58-37-40(51)54-15-56-42(37)67)91-29(24)13-85-98(78,79)93-22-5-36(88-26(22)10-70)69-19-60-39-44(69)62-47(53)63-46(39)73/h2-3,9,15-19,21-30,32-36,70-71H,4-8,10-14H2,1H3,(H,76,77)(H,78,79)(H,80,81)(H,82,83)(H2,50,61,74)(H2,51,54,56)(H2,52,55,57)(H,64,72,75)(H3,53,62,63,73)/t21-,22-,23-,24-,25-,26+,27+,28+,29+,30+,32+,33+,34+,35+,36+/m0/s1. The fourth-order valence-corrected chi connectivity index (χ4v) is 15.7. The lowest BCUT2D eigenvalue weighted by Crippen LogP contribution is -2.33. The predicted octanol–water partition coefficient (Wildman–Crippen LogP) is -1.96. The van der Waals surface area contributed by atoms with Gasteiger partial charge < -0.3 is 76.4 Å². The van der Waals surface area contributed by atoms with Gasteiger partial charge >= 0.3 is 42.7 Å². The number of fused-ring (bicyclic) bond motifs is 3. The number of H-pyrrole nitrogens is 2. The molecule has 0 spiro atoms. The van der Waals surface area contributed by atoms with E-state index in [2.05, 4.69) is 54.8 Å². The maximum absolute atomic E-state index is 14.3. The fraction of sp³-hybridized carbons (Fsp3) is 0.531. The van der Waals surface area contributed by atoms with Crippen molar-refractivity contribution in [1.29, 1.82) is 0 Å². The van der Waals surface area contributed by atoms with E-state index in [9.17, 15) is 67.2 Å². The number of aliphatic hydroxyl groups excluding tert-OH is 2. The second kappa shape index (κ2) is 28.0. The van der Waals surface area contributed by atoms with Crippen molar-refractivity contribution in [3.63, 3.8) is 0 Å². The SMILES string of the molecule is Cc1cn([C@H]2C[C@H](O)[C@@H](COP(=O)(O)O[C@H]3C[C@H](n4ccc(N)nc4=O)O[C@@H]3COP(=O)(O)O[C@H]3C[C@H](n4cnc5c(N)ncnc54)O[C@@H]3COP(=O)(O)O[C@H]3C[C@H](n4cnc5c(N)ncnc54)O[C@@H]3COP(=O)(O)O[C@H]3C[C@H](n4cnc5c(=O)[nH]c(N)nc54)O[C@@H]3CO)O2)c(=O)[nH]c1=O. The molecule has 13 rings (SSSR count). The molecule has 19 atom stereocenters. The average Bonchev–Trinajstić information content (AvgIpc) is 1.64. The van der Waals surface area contributed by atoms with Crippen molar-refractivity contribution in [2.24, 2.45) is 0 Å². The predicted molar refractivity (Wildman–Crippen MR) is 329 cm³/mol. The quantitative estimate of drug-likeness (QED) is 0.0262.